The number of thioether (sulfide) groups is 1. The van der Waals surface area contributed by atoms with Gasteiger partial charge >= 0.3 is 0 Å². The van der Waals surface area contributed by atoms with E-state index in [1.54, 1.807) is 31.2 Å². The summed E-state index contributed by atoms with van der Waals surface area (Å²) in [5.74, 6) is 0.369. The van der Waals surface area contributed by atoms with Crippen LogP contribution in [-0.4, -0.2) is 27.2 Å². The van der Waals surface area contributed by atoms with Gasteiger partial charge in [-0.05, 0) is 12.5 Å². The van der Waals surface area contributed by atoms with Crippen LogP contribution in [0.1, 0.15) is 18.1 Å². The number of amides is 1. The number of hydrogen-bond acceptors (Lipinski definition) is 7. The lowest BCUT2D eigenvalue weighted by Crippen LogP contribution is -2.21. The Kier molecular flexibility index (Phi) is 7.00. The van der Waals surface area contributed by atoms with Crippen LogP contribution >= 0.6 is 11.8 Å². The molecule has 0 unspecified atom stereocenters. The lowest BCUT2D eigenvalue weighted by molar-refractivity contribution is -0.385. The Labute approximate surface area is 158 Å². The number of nitro groups is 2. The highest BCUT2D eigenvalue weighted by atomic mass is 32.2. The summed E-state index contributed by atoms with van der Waals surface area (Å²) in [6, 6.07) is 12.1. The molecule has 0 aliphatic carbocycles. The number of nitrogens with zero attached hydrogens (tertiary/aromatic N) is 3. The van der Waals surface area contributed by atoms with Crippen LogP contribution in [0.25, 0.3) is 0 Å². The second kappa shape index (κ2) is 9.43. The molecule has 0 bridgehead atoms. The molecular weight excluding hydrogens is 372 g/mol. The number of hydrogen-bond donors (Lipinski definition) is 1. The number of carbonyl (C=O) groups is 1. The van der Waals surface area contributed by atoms with Gasteiger partial charge in [0, 0.05) is 35.6 Å². The van der Waals surface area contributed by atoms with Crippen molar-refractivity contribution in [2.75, 3.05) is 5.75 Å². The zero-order valence-electron chi connectivity index (χ0n) is 14.3. The smallest absolute Gasteiger partial charge is 0.270 e. The molecule has 0 saturated heterocycles. The Bertz CT molecular complexity index is 883. The quantitative estimate of drug-likeness (QED) is 0.420. The minimum absolute atomic E-state index is 0.0208. The molecule has 27 heavy (non-hydrogen) atoms. The van der Waals surface area contributed by atoms with E-state index in [9.17, 15) is 25.0 Å². The van der Waals surface area contributed by atoms with Crippen molar-refractivity contribution in [1.82, 2.24) is 5.43 Å². The second-order valence-corrected chi connectivity index (χ2v) is 6.44. The first-order chi connectivity index (χ1) is 12.9. The third-order valence-corrected chi connectivity index (χ3v) is 4.48. The molecule has 2 rings (SSSR count). The molecule has 10 heteroatoms. The van der Waals surface area contributed by atoms with Crippen LogP contribution in [0.15, 0.2) is 53.6 Å². The van der Waals surface area contributed by atoms with Gasteiger partial charge < -0.3 is 0 Å². The Morgan fingerprint density at radius 2 is 1.74 bits per heavy atom. The van der Waals surface area contributed by atoms with Crippen molar-refractivity contribution < 1.29 is 14.6 Å². The Balaban J connectivity index is 1.83. The number of non-ortho nitro benzene ring substituents is 2. The number of hydrazone groups is 1. The summed E-state index contributed by atoms with van der Waals surface area (Å²) in [6.45, 7) is 1.64. The van der Waals surface area contributed by atoms with Gasteiger partial charge in [0.25, 0.3) is 11.4 Å². The average Bonchev–Trinajstić information content (AvgIpc) is 2.66. The van der Waals surface area contributed by atoms with E-state index in [0.29, 0.717) is 17.0 Å². The zero-order chi connectivity index (χ0) is 19.8. The average molecular weight is 388 g/mol. The van der Waals surface area contributed by atoms with Crippen LogP contribution in [0, 0.1) is 20.2 Å². The Hall–Kier alpha value is -3.27. The monoisotopic (exact) mass is 388 g/mol. The third-order valence-electron chi connectivity index (χ3n) is 3.47. The molecule has 0 heterocycles. The van der Waals surface area contributed by atoms with Gasteiger partial charge in [-0.25, -0.2) is 5.43 Å². The van der Waals surface area contributed by atoms with Gasteiger partial charge in [0.2, 0.25) is 5.91 Å². The first-order valence-electron chi connectivity index (χ1n) is 7.76. The fourth-order valence-corrected chi connectivity index (χ4v) is 2.84. The van der Waals surface area contributed by atoms with Crippen LogP contribution < -0.4 is 5.43 Å². The maximum absolute atomic E-state index is 11.9. The van der Waals surface area contributed by atoms with Gasteiger partial charge in [-0.15, -0.1) is 11.8 Å². The highest BCUT2D eigenvalue weighted by molar-refractivity contribution is 7.99. The Morgan fingerprint density at radius 3 is 2.37 bits per heavy atom. The highest BCUT2D eigenvalue weighted by Crippen LogP contribution is 2.17. The van der Waals surface area contributed by atoms with Crippen molar-refractivity contribution in [2.24, 2.45) is 5.10 Å². The van der Waals surface area contributed by atoms with Crippen molar-refractivity contribution in [3.05, 3.63) is 79.9 Å². The minimum Gasteiger partial charge on any atom is -0.272 e. The first kappa shape index (κ1) is 20.0. The predicted octanol–water partition coefficient (Wildman–Crippen LogP) is 3.28. The van der Waals surface area contributed by atoms with E-state index in [1.807, 2.05) is 0 Å². The fraction of sp³-hybridized carbons (Fsp3) is 0.176. The van der Waals surface area contributed by atoms with Gasteiger partial charge in [-0.3, -0.25) is 25.0 Å². The molecule has 2 aromatic carbocycles. The molecule has 0 aliphatic heterocycles. The van der Waals surface area contributed by atoms with Crippen molar-refractivity contribution in [3.8, 4) is 0 Å². The van der Waals surface area contributed by atoms with Crippen LogP contribution in [0.5, 0.6) is 0 Å². The lowest BCUT2D eigenvalue weighted by Gasteiger charge is -2.04. The molecule has 0 spiro atoms. The maximum Gasteiger partial charge on any atom is 0.270 e. The molecule has 1 N–H and O–H groups in total. The van der Waals surface area contributed by atoms with Crippen molar-refractivity contribution in [2.45, 2.75) is 12.7 Å². The van der Waals surface area contributed by atoms with Crippen LogP contribution in [0.2, 0.25) is 0 Å². The summed E-state index contributed by atoms with van der Waals surface area (Å²) in [5.41, 5.74) is 4.25. The summed E-state index contributed by atoms with van der Waals surface area (Å²) in [4.78, 5) is 32.3. The van der Waals surface area contributed by atoms with Crippen molar-refractivity contribution >= 4 is 34.8 Å². The molecule has 1 amide bonds. The van der Waals surface area contributed by atoms with Gasteiger partial charge in [0.15, 0.2) is 0 Å². The molecule has 0 saturated carbocycles. The predicted molar refractivity (Wildman–Crippen MR) is 103 cm³/mol. The third kappa shape index (κ3) is 6.19. The van der Waals surface area contributed by atoms with Crippen LogP contribution in [0.4, 0.5) is 11.4 Å². The van der Waals surface area contributed by atoms with E-state index in [4.69, 9.17) is 0 Å². The number of benzene rings is 2. The molecule has 140 valence electrons. The molecule has 0 aromatic heterocycles. The number of rotatable bonds is 8. The van der Waals surface area contributed by atoms with Crippen LogP contribution in [-0.2, 0) is 10.5 Å². The van der Waals surface area contributed by atoms with E-state index in [0.717, 1.165) is 5.56 Å². The van der Waals surface area contributed by atoms with Gasteiger partial charge in [0.05, 0.1) is 21.3 Å². The van der Waals surface area contributed by atoms with E-state index >= 15 is 0 Å². The molecule has 0 aliphatic rings. The molecule has 0 atom stereocenters. The number of carbonyl (C=O) groups excluding carboxylic acids is 1. The molecule has 0 radical (unpaired) electrons. The topological polar surface area (TPSA) is 128 Å². The number of nitrogens with one attached hydrogen (secondary N) is 1. The molecule has 2 aromatic rings. The van der Waals surface area contributed by atoms with E-state index in [2.05, 4.69) is 10.5 Å². The largest absolute Gasteiger partial charge is 0.272 e. The van der Waals surface area contributed by atoms with Crippen molar-refractivity contribution in [3.63, 3.8) is 0 Å². The van der Waals surface area contributed by atoms with E-state index < -0.39 is 9.85 Å². The second-order valence-electron chi connectivity index (χ2n) is 5.46. The van der Waals surface area contributed by atoms with Gasteiger partial charge in [-0.1, -0.05) is 24.3 Å². The minimum atomic E-state index is -0.496. The summed E-state index contributed by atoms with van der Waals surface area (Å²) >= 11 is 1.34. The highest BCUT2D eigenvalue weighted by Gasteiger charge is 2.08. The van der Waals surface area contributed by atoms with Crippen molar-refractivity contribution in [1.29, 1.82) is 0 Å². The zero-order valence-corrected chi connectivity index (χ0v) is 15.1. The van der Waals surface area contributed by atoms with E-state index in [1.165, 1.54) is 36.0 Å². The van der Waals surface area contributed by atoms with Gasteiger partial charge in [-0.2, -0.15) is 5.10 Å². The summed E-state index contributed by atoms with van der Waals surface area (Å²) in [7, 11) is 0. The van der Waals surface area contributed by atoms with E-state index in [-0.39, 0.29) is 23.0 Å². The first-order valence-corrected chi connectivity index (χ1v) is 8.91. The van der Waals surface area contributed by atoms with Gasteiger partial charge in [0.1, 0.15) is 0 Å². The number of nitro benzene ring substituents is 2. The lowest BCUT2D eigenvalue weighted by atomic mass is 10.1. The summed E-state index contributed by atoms with van der Waals surface area (Å²) in [6.07, 6.45) is 0. The Morgan fingerprint density at radius 1 is 1.07 bits per heavy atom. The summed E-state index contributed by atoms with van der Waals surface area (Å²) in [5, 5.41) is 25.3. The molecule has 0 fully saturated rings. The molecule has 9 nitrogen and oxygen atoms in total. The standard InChI is InChI=1S/C17H16N4O5S/c1-12(14-3-2-4-16(9-14)21(25)26)18-19-17(22)11-27-10-13-5-7-15(8-6-13)20(23)24/h2-9H,10-11H2,1H3,(H,19,22). The normalized spacial score (nSPS) is 11.1. The molecular formula is C17H16N4O5S. The SMILES string of the molecule is CC(=NNC(=O)CSCc1ccc([N+](=O)[O-])cc1)c1cccc([N+](=O)[O-])c1. The van der Waals surface area contributed by atoms with Crippen LogP contribution in [0.3, 0.4) is 0 Å². The maximum atomic E-state index is 11.9. The summed E-state index contributed by atoms with van der Waals surface area (Å²) < 4.78 is 0. The fourth-order valence-electron chi connectivity index (χ4n) is 2.06.